The Morgan fingerprint density at radius 1 is 1.15 bits per heavy atom. The first kappa shape index (κ1) is 17.9. The lowest BCUT2D eigenvalue weighted by molar-refractivity contribution is -0.143. The highest BCUT2D eigenvalue weighted by molar-refractivity contribution is 5.77. The van der Waals surface area contributed by atoms with Crippen molar-refractivity contribution >= 4 is 17.1 Å². The number of oxazole rings is 1. The normalized spacial score (nSPS) is 11.0. The molecule has 136 valence electrons. The van der Waals surface area contributed by atoms with Crippen LogP contribution in [0.15, 0.2) is 57.7 Å². The van der Waals surface area contributed by atoms with E-state index in [-0.39, 0.29) is 13.2 Å². The van der Waals surface area contributed by atoms with Gasteiger partial charge in [0.25, 0.3) is 0 Å². The van der Waals surface area contributed by atoms with Crippen molar-refractivity contribution in [1.29, 1.82) is 0 Å². The first-order valence-electron chi connectivity index (χ1n) is 8.70. The number of benzene rings is 2. The van der Waals surface area contributed by atoms with Crippen LogP contribution in [0, 0.1) is 0 Å². The van der Waals surface area contributed by atoms with E-state index in [2.05, 4.69) is 17.4 Å². The summed E-state index contributed by atoms with van der Waals surface area (Å²) < 4.78 is 11.5. The van der Waals surface area contributed by atoms with E-state index in [4.69, 9.17) is 9.15 Å². The second kappa shape index (κ2) is 8.49. The van der Waals surface area contributed by atoms with Gasteiger partial charge in [-0.1, -0.05) is 36.4 Å². The number of nitrogens with zero attached hydrogens (tertiary/aromatic N) is 1. The molecule has 0 saturated carbocycles. The molecular formula is C20H22N2O4. The summed E-state index contributed by atoms with van der Waals surface area (Å²) in [6.07, 6.45) is 0.815. The van der Waals surface area contributed by atoms with E-state index in [0.717, 1.165) is 25.1 Å². The molecule has 2 aromatic carbocycles. The highest BCUT2D eigenvalue weighted by atomic mass is 16.5. The maximum absolute atomic E-state index is 12.0. The lowest BCUT2D eigenvalue weighted by Crippen LogP contribution is -2.21. The third kappa shape index (κ3) is 4.40. The average molecular weight is 354 g/mol. The van der Waals surface area contributed by atoms with Crippen LogP contribution in [-0.2, 0) is 29.0 Å². The number of esters is 1. The molecule has 3 rings (SSSR count). The molecule has 0 saturated heterocycles. The van der Waals surface area contributed by atoms with Gasteiger partial charge in [-0.15, -0.1) is 0 Å². The SMILES string of the molecule is CCOC(=O)Cn1c(=O)oc2cc(CCNCc3ccccc3)ccc21. The predicted octanol–water partition coefficient (Wildman–Crippen LogP) is 2.49. The van der Waals surface area contributed by atoms with E-state index in [1.165, 1.54) is 10.1 Å². The summed E-state index contributed by atoms with van der Waals surface area (Å²) in [6.45, 7) is 3.50. The number of nitrogens with one attached hydrogen (secondary N) is 1. The van der Waals surface area contributed by atoms with Gasteiger partial charge in [0.2, 0.25) is 0 Å². The van der Waals surface area contributed by atoms with Gasteiger partial charge in [0.15, 0.2) is 5.58 Å². The fraction of sp³-hybridized carbons (Fsp3) is 0.300. The smallest absolute Gasteiger partial charge is 0.420 e. The minimum Gasteiger partial charge on any atom is -0.465 e. The molecule has 0 aliphatic carbocycles. The fourth-order valence-electron chi connectivity index (χ4n) is 2.81. The highest BCUT2D eigenvalue weighted by Crippen LogP contribution is 2.15. The first-order valence-corrected chi connectivity index (χ1v) is 8.70. The van der Waals surface area contributed by atoms with Crippen molar-refractivity contribution < 1.29 is 13.9 Å². The zero-order valence-corrected chi connectivity index (χ0v) is 14.7. The quantitative estimate of drug-likeness (QED) is 0.497. The molecule has 0 amide bonds. The monoisotopic (exact) mass is 354 g/mol. The van der Waals surface area contributed by atoms with Gasteiger partial charge in [-0.2, -0.15) is 0 Å². The number of fused-ring (bicyclic) bond motifs is 1. The molecule has 0 bridgehead atoms. The summed E-state index contributed by atoms with van der Waals surface area (Å²) >= 11 is 0. The second-order valence-corrected chi connectivity index (χ2v) is 5.97. The van der Waals surface area contributed by atoms with Gasteiger partial charge < -0.3 is 14.5 Å². The van der Waals surface area contributed by atoms with Gasteiger partial charge in [0.1, 0.15) is 6.54 Å². The van der Waals surface area contributed by atoms with Crippen LogP contribution in [-0.4, -0.2) is 23.7 Å². The van der Waals surface area contributed by atoms with E-state index in [1.807, 2.05) is 36.4 Å². The Morgan fingerprint density at radius 3 is 2.73 bits per heavy atom. The zero-order valence-electron chi connectivity index (χ0n) is 14.7. The van der Waals surface area contributed by atoms with Crippen LogP contribution < -0.4 is 11.1 Å². The molecule has 0 aliphatic rings. The van der Waals surface area contributed by atoms with E-state index in [9.17, 15) is 9.59 Å². The molecule has 6 heteroatoms. The largest absolute Gasteiger partial charge is 0.465 e. The van der Waals surface area contributed by atoms with E-state index >= 15 is 0 Å². The number of hydrogen-bond acceptors (Lipinski definition) is 5. The van der Waals surface area contributed by atoms with Gasteiger partial charge in [0.05, 0.1) is 12.1 Å². The molecule has 26 heavy (non-hydrogen) atoms. The Bertz CT molecular complexity index is 928. The van der Waals surface area contributed by atoms with Crippen molar-refractivity contribution in [2.24, 2.45) is 0 Å². The molecule has 0 radical (unpaired) electrons. The Labute approximate surface area is 151 Å². The van der Waals surface area contributed by atoms with Crippen molar-refractivity contribution in [3.63, 3.8) is 0 Å². The Kier molecular flexibility index (Phi) is 5.86. The molecule has 1 N–H and O–H groups in total. The number of aromatic nitrogens is 1. The van der Waals surface area contributed by atoms with E-state index < -0.39 is 11.7 Å². The molecule has 1 heterocycles. The minimum atomic E-state index is -0.549. The van der Waals surface area contributed by atoms with Crippen LogP contribution in [0.3, 0.4) is 0 Å². The summed E-state index contributed by atoms with van der Waals surface area (Å²) in [6, 6.07) is 15.8. The Hall–Kier alpha value is -2.86. The summed E-state index contributed by atoms with van der Waals surface area (Å²) in [4.78, 5) is 23.6. The van der Waals surface area contributed by atoms with E-state index in [1.54, 1.807) is 6.92 Å². The molecule has 0 aliphatic heterocycles. The summed E-state index contributed by atoms with van der Waals surface area (Å²) in [5.74, 6) is -1.00. The van der Waals surface area contributed by atoms with Crippen molar-refractivity contribution in [3.05, 3.63) is 70.2 Å². The summed E-state index contributed by atoms with van der Waals surface area (Å²) in [7, 11) is 0. The average Bonchev–Trinajstić information content (AvgIpc) is 2.94. The third-order valence-electron chi connectivity index (χ3n) is 4.09. The van der Waals surface area contributed by atoms with Crippen LogP contribution in [0.2, 0.25) is 0 Å². The lowest BCUT2D eigenvalue weighted by Gasteiger charge is -2.06. The molecule has 1 aromatic heterocycles. The molecule has 3 aromatic rings. The number of ether oxygens (including phenoxy) is 1. The summed E-state index contributed by atoms with van der Waals surface area (Å²) in [5.41, 5.74) is 3.39. The number of carbonyl (C=O) groups excluding carboxylic acids is 1. The molecule has 0 atom stereocenters. The highest BCUT2D eigenvalue weighted by Gasteiger charge is 2.13. The number of carbonyl (C=O) groups is 1. The number of hydrogen-bond donors (Lipinski definition) is 1. The van der Waals surface area contributed by atoms with Crippen molar-refractivity contribution in [3.8, 4) is 0 Å². The second-order valence-electron chi connectivity index (χ2n) is 5.97. The van der Waals surface area contributed by atoms with Crippen LogP contribution in [0.25, 0.3) is 11.1 Å². The van der Waals surface area contributed by atoms with Crippen molar-refractivity contribution in [2.75, 3.05) is 13.2 Å². The predicted molar refractivity (Wildman–Crippen MR) is 99.0 cm³/mol. The standard InChI is InChI=1S/C20H22N2O4/c1-2-25-19(23)14-22-17-9-8-15(12-18(17)26-20(22)24)10-11-21-13-16-6-4-3-5-7-16/h3-9,12,21H,2,10-11,13-14H2,1H3. The molecule has 6 nitrogen and oxygen atoms in total. The topological polar surface area (TPSA) is 73.5 Å². The molecule has 0 spiro atoms. The van der Waals surface area contributed by atoms with Gasteiger partial charge in [-0.25, -0.2) is 4.79 Å². The molecule has 0 unspecified atom stereocenters. The van der Waals surface area contributed by atoms with E-state index in [0.29, 0.717) is 11.1 Å². The first-order chi connectivity index (χ1) is 12.7. The van der Waals surface area contributed by atoms with Crippen LogP contribution in [0.1, 0.15) is 18.1 Å². The van der Waals surface area contributed by atoms with Gasteiger partial charge in [0, 0.05) is 6.54 Å². The third-order valence-corrected chi connectivity index (χ3v) is 4.09. The minimum absolute atomic E-state index is 0.141. The van der Waals surface area contributed by atoms with Crippen LogP contribution >= 0.6 is 0 Å². The van der Waals surface area contributed by atoms with Gasteiger partial charge in [-0.05, 0) is 43.1 Å². The molecule has 0 fully saturated rings. The van der Waals surface area contributed by atoms with Crippen molar-refractivity contribution in [1.82, 2.24) is 9.88 Å². The van der Waals surface area contributed by atoms with Crippen molar-refractivity contribution in [2.45, 2.75) is 26.4 Å². The van der Waals surface area contributed by atoms with Crippen LogP contribution in [0.5, 0.6) is 0 Å². The maximum Gasteiger partial charge on any atom is 0.420 e. The lowest BCUT2D eigenvalue weighted by atomic mass is 10.1. The fourth-order valence-corrected chi connectivity index (χ4v) is 2.81. The Balaban J connectivity index is 1.62. The summed E-state index contributed by atoms with van der Waals surface area (Å²) in [5, 5.41) is 3.40. The number of rotatable bonds is 8. The zero-order chi connectivity index (χ0) is 18.4. The maximum atomic E-state index is 12.0. The molecular weight excluding hydrogens is 332 g/mol. The van der Waals surface area contributed by atoms with Crippen LogP contribution in [0.4, 0.5) is 0 Å². The van der Waals surface area contributed by atoms with Gasteiger partial charge >= 0.3 is 11.7 Å². The Morgan fingerprint density at radius 2 is 1.96 bits per heavy atom. The van der Waals surface area contributed by atoms with Gasteiger partial charge in [-0.3, -0.25) is 9.36 Å².